The van der Waals surface area contributed by atoms with Crippen molar-refractivity contribution in [1.82, 2.24) is 10.2 Å². The van der Waals surface area contributed by atoms with Crippen LogP contribution >= 0.6 is 0 Å². The van der Waals surface area contributed by atoms with Crippen molar-refractivity contribution in [3.05, 3.63) is 58.7 Å². The maximum absolute atomic E-state index is 6.17. The summed E-state index contributed by atoms with van der Waals surface area (Å²) in [7, 11) is 5.64. The van der Waals surface area contributed by atoms with Crippen molar-refractivity contribution >= 4 is 0 Å². The van der Waals surface area contributed by atoms with Crippen LogP contribution in [0.4, 0.5) is 0 Å². The average molecular weight is 485 g/mol. The zero-order valence-corrected chi connectivity index (χ0v) is 22.6. The Morgan fingerprint density at radius 1 is 0.743 bits per heavy atom. The Labute approximate surface area is 211 Å². The maximum atomic E-state index is 6.17. The molecule has 0 amide bonds. The van der Waals surface area contributed by atoms with E-state index in [-0.39, 0.29) is 24.4 Å². The number of hydrogen-bond acceptors (Lipinski definition) is 6. The predicted molar refractivity (Wildman–Crippen MR) is 142 cm³/mol. The Morgan fingerprint density at radius 3 is 1.83 bits per heavy atom. The van der Waals surface area contributed by atoms with Gasteiger partial charge in [-0.2, -0.15) is 0 Å². The summed E-state index contributed by atoms with van der Waals surface area (Å²) in [6.45, 7) is 12.3. The first kappa shape index (κ1) is 27.5. The first-order chi connectivity index (χ1) is 16.8. The molecule has 4 atom stereocenters. The molecule has 194 valence electrons. The molecule has 2 fully saturated rings. The van der Waals surface area contributed by atoms with Crippen LogP contribution in [0.5, 0.6) is 11.5 Å². The molecule has 2 saturated heterocycles. The highest BCUT2D eigenvalue weighted by molar-refractivity contribution is 5.39. The number of ether oxygens (including phenoxy) is 4. The third kappa shape index (κ3) is 7.43. The van der Waals surface area contributed by atoms with Crippen LogP contribution in [-0.2, 0) is 9.47 Å². The van der Waals surface area contributed by atoms with Gasteiger partial charge in [0.1, 0.15) is 35.9 Å². The summed E-state index contributed by atoms with van der Waals surface area (Å²) in [4.78, 5) is 2.29. The number of likely N-dealkylation sites (tertiary alicyclic amines) is 1. The minimum Gasteiger partial charge on any atom is -0.487 e. The fourth-order valence-corrected chi connectivity index (χ4v) is 4.62. The molecular weight excluding hydrogens is 440 g/mol. The van der Waals surface area contributed by atoms with Crippen LogP contribution in [0.2, 0.25) is 0 Å². The molecule has 35 heavy (non-hydrogen) atoms. The van der Waals surface area contributed by atoms with Gasteiger partial charge in [0.15, 0.2) is 0 Å². The Balaban J connectivity index is 0.000000196. The van der Waals surface area contributed by atoms with Crippen molar-refractivity contribution in [1.29, 1.82) is 0 Å². The normalized spacial score (nSPS) is 24.9. The van der Waals surface area contributed by atoms with Gasteiger partial charge in [0, 0.05) is 33.9 Å². The highest BCUT2D eigenvalue weighted by atomic mass is 16.5. The third-order valence-corrected chi connectivity index (χ3v) is 7.34. The second-order valence-corrected chi connectivity index (χ2v) is 9.80. The van der Waals surface area contributed by atoms with Crippen LogP contribution in [0, 0.1) is 27.7 Å². The quantitative estimate of drug-likeness (QED) is 0.653. The molecule has 1 N–H and O–H groups in total. The summed E-state index contributed by atoms with van der Waals surface area (Å²) in [5.41, 5.74) is 4.99. The summed E-state index contributed by atoms with van der Waals surface area (Å²) in [5.74, 6) is 1.98. The lowest BCUT2D eigenvalue weighted by Crippen LogP contribution is -2.48. The smallest absolute Gasteiger partial charge is 0.127 e. The monoisotopic (exact) mass is 484 g/mol. The predicted octanol–water partition coefficient (Wildman–Crippen LogP) is 4.46. The van der Waals surface area contributed by atoms with E-state index >= 15 is 0 Å². The van der Waals surface area contributed by atoms with Gasteiger partial charge < -0.3 is 29.2 Å². The SMILES string of the molecule is CO[C@@H]1CN(C)CC[C@H]1Oc1cccc(C)c1C.CO[C@@H]1CNCC[C@H]1Oc1cccc(C)c1C. The van der Waals surface area contributed by atoms with Gasteiger partial charge in [-0.25, -0.2) is 0 Å². The molecule has 2 aliphatic heterocycles. The zero-order valence-electron chi connectivity index (χ0n) is 22.6. The highest BCUT2D eigenvalue weighted by Crippen LogP contribution is 2.26. The van der Waals surface area contributed by atoms with Crippen LogP contribution in [-0.4, -0.2) is 76.8 Å². The molecule has 0 radical (unpaired) electrons. The molecule has 2 aromatic rings. The summed E-state index contributed by atoms with van der Waals surface area (Å²) < 4.78 is 23.3. The highest BCUT2D eigenvalue weighted by Gasteiger charge is 2.30. The molecule has 0 spiro atoms. The van der Waals surface area contributed by atoms with Crippen LogP contribution in [0.15, 0.2) is 36.4 Å². The summed E-state index contributed by atoms with van der Waals surface area (Å²) >= 11 is 0. The van der Waals surface area contributed by atoms with Gasteiger partial charge in [-0.1, -0.05) is 24.3 Å². The molecule has 0 aliphatic carbocycles. The number of nitrogens with zero attached hydrogens (tertiary/aromatic N) is 1. The molecule has 0 bridgehead atoms. The number of aryl methyl sites for hydroxylation is 2. The third-order valence-electron chi connectivity index (χ3n) is 7.34. The van der Waals surface area contributed by atoms with Gasteiger partial charge in [0.2, 0.25) is 0 Å². The Hall–Kier alpha value is -2.12. The van der Waals surface area contributed by atoms with Crippen LogP contribution in [0.3, 0.4) is 0 Å². The molecular formula is C29H44N2O4. The van der Waals surface area contributed by atoms with Crippen LogP contribution in [0.25, 0.3) is 0 Å². The molecule has 2 aromatic carbocycles. The number of piperidine rings is 2. The minimum atomic E-state index is 0.142. The Morgan fingerprint density at radius 2 is 1.29 bits per heavy atom. The van der Waals surface area contributed by atoms with Crippen molar-refractivity contribution in [3.63, 3.8) is 0 Å². The first-order valence-electron chi connectivity index (χ1n) is 12.7. The van der Waals surface area contributed by atoms with E-state index in [1.54, 1.807) is 14.2 Å². The lowest BCUT2D eigenvalue weighted by molar-refractivity contribution is -0.0437. The molecule has 6 heteroatoms. The standard InChI is InChI=1S/C15H23NO2.C14H21NO2/c1-11-6-5-7-13(12(11)2)18-14-8-9-16(3)10-15(14)17-4;1-10-5-4-6-12(11(10)2)17-13-7-8-15-9-14(13)16-3/h5-7,14-15H,8-10H2,1-4H3;4-6,13-15H,7-9H2,1-3H3/t14-,15-;13-,14-/m11/s1. The van der Waals surface area contributed by atoms with E-state index in [4.69, 9.17) is 18.9 Å². The molecule has 2 aliphatic rings. The van der Waals surface area contributed by atoms with Crippen molar-refractivity contribution < 1.29 is 18.9 Å². The summed E-state index contributed by atoms with van der Waals surface area (Å²) in [6.07, 6.45) is 2.62. The molecule has 0 unspecified atom stereocenters. The summed E-state index contributed by atoms with van der Waals surface area (Å²) in [6, 6.07) is 12.4. The van der Waals surface area contributed by atoms with E-state index in [0.717, 1.165) is 50.5 Å². The number of benzene rings is 2. The van der Waals surface area contributed by atoms with Gasteiger partial charge >= 0.3 is 0 Å². The van der Waals surface area contributed by atoms with Crippen LogP contribution < -0.4 is 14.8 Å². The van der Waals surface area contributed by atoms with E-state index in [2.05, 4.69) is 63.2 Å². The van der Waals surface area contributed by atoms with E-state index in [9.17, 15) is 0 Å². The maximum Gasteiger partial charge on any atom is 0.127 e. The van der Waals surface area contributed by atoms with Gasteiger partial charge in [0.05, 0.1) is 0 Å². The van der Waals surface area contributed by atoms with E-state index in [1.807, 2.05) is 18.2 Å². The number of nitrogens with one attached hydrogen (secondary N) is 1. The van der Waals surface area contributed by atoms with Gasteiger partial charge in [-0.05, 0) is 88.5 Å². The van der Waals surface area contributed by atoms with E-state index in [1.165, 1.54) is 22.3 Å². The number of hydrogen-bond donors (Lipinski definition) is 1. The second-order valence-electron chi connectivity index (χ2n) is 9.80. The lowest BCUT2D eigenvalue weighted by atomic mass is 10.0. The molecule has 0 aromatic heterocycles. The van der Waals surface area contributed by atoms with Crippen molar-refractivity contribution in [3.8, 4) is 11.5 Å². The largest absolute Gasteiger partial charge is 0.487 e. The topological polar surface area (TPSA) is 52.2 Å². The number of rotatable bonds is 6. The van der Waals surface area contributed by atoms with Gasteiger partial charge in [-0.3, -0.25) is 0 Å². The second kappa shape index (κ2) is 13.3. The number of methoxy groups -OCH3 is 2. The fraction of sp³-hybridized carbons (Fsp3) is 0.586. The molecule has 2 heterocycles. The number of likely N-dealkylation sites (N-methyl/N-ethyl adjacent to an activating group) is 1. The van der Waals surface area contributed by atoms with Gasteiger partial charge in [-0.15, -0.1) is 0 Å². The molecule has 0 saturated carbocycles. The lowest BCUT2D eigenvalue weighted by Gasteiger charge is -2.36. The average Bonchev–Trinajstić information content (AvgIpc) is 2.86. The summed E-state index contributed by atoms with van der Waals surface area (Å²) in [5, 5.41) is 3.32. The fourth-order valence-electron chi connectivity index (χ4n) is 4.62. The minimum absolute atomic E-state index is 0.142. The van der Waals surface area contributed by atoms with Crippen LogP contribution in [0.1, 0.15) is 35.1 Å². The van der Waals surface area contributed by atoms with Crippen molar-refractivity contribution in [2.24, 2.45) is 0 Å². The van der Waals surface area contributed by atoms with E-state index in [0.29, 0.717) is 0 Å². The van der Waals surface area contributed by atoms with Gasteiger partial charge in [0.25, 0.3) is 0 Å². The Bertz CT molecular complexity index is 935. The molecule has 4 rings (SSSR count). The zero-order chi connectivity index (χ0) is 25.4. The Kier molecular flexibility index (Phi) is 10.4. The molecule has 6 nitrogen and oxygen atoms in total. The van der Waals surface area contributed by atoms with Crippen molar-refractivity contribution in [2.45, 2.75) is 65.0 Å². The van der Waals surface area contributed by atoms with Crippen molar-refractivity contribution in [2.75, 3.05) is 47.4 Å². The van der Waals surface area contributed by atoms with E-state index < -0.39 is 0 Å². The first-order valence-corrected chi connectivity index (χ1v) is 12.7.